The normalized spacial score (nSPS) is 11.5. The quantitative estimate of drug-likeness (QED) is 0.430. The Labute approximate surface area is 85.4 Å². The highest BCUT2D eigenvalue weighted by atomic mass is 35.5. The zero-order valence-corrected chi connectivity index (χ0v) is 7.56. The van der Waals surface area contributed by atoms with Gasteiger partial charge >= 0.3 is 11.9 Å². The summed E-state index contributed by atoms with van der Waals surface area (Å²) in [6, 6.07) is 0.334. The van der Waals surface area contributed by atoms with Crippen molar-refractivity contribution in [2.45, 2.75) is 6.18 Å². The number of nitro groups is 1. The maximum Gasteiger partial charge on any atom is 0.418 e. The number of benzene rings is 1. The standard InChI is InChI=1S/C7H2ClF4NO2/c8-4-2-5(9)6(13(14)15)1-3(4)7(10,11)12/h1-2H/i9-1. The van der Waals surface area contributed by atoms with Crippen LogP contribution in [0.15, 0.2) is 12.1 Å². The van der Waals surface area contributed by atoms with Crippen LogP contribution in [0.5, 0.6) is 0 Å². The molecule has 0 aromatic heterocycles. The summed E-state index contributed by atoms with van der Waals surface area (Å²) < 4.78 is 49.4. The Morgan fingerprint density at radius 1 is 1.33 bits per heavy atom. The molecule has 0 aliphatic rings. The first-order valence-corrected chi connectivity index (χ1v) is 3.82. The van der Waals surface area contributed by atoms with E-state index in [0.717, 1.165) is 0 Å². The van der Waals surface area contributed by atoms with Gasteiger partial charge in [0, 0.05) is 12.1 Å². The van der Waals surface area contributed by atoms with E-state index in [1.165, 1.54) is 0 Å². The van der Waals surface area contributed by atoms with Crippen LogP contribution in [0.2, 0.25) is 5.02 Å². The van der Waals surface area contributed by atoms with E-state index < -0.39 is 33.2 Å². The third-order valence-electron chi connectivity index (χ3n) is 1.54. The van der Waals surface area contributed by atoms with Gasteiger partial charge in [0.05, 0.1) is 15.5 Å². The Morgan fingerprint density at radius 2 is 1.87 bits per heavy atom. The highest BCUT2D eigenvalue weighted by Gasteiger charge is 2.36. The Morgan fingerprint density at radius 3 is 2.27 bits per heavy atom. The molecule has 82 valence electrons. The third-order valence-corrected chi connectivity index (χ3v) is 1.85. The van der Waals surface area contributed by atoms with E-state index in [2.05, 4.69) is 0 Å². The lowest BCUT2D eigenvalue weighted by atomic mass is 10.2. The van der Waals surface area contributed by atoms with Gasteiger partial charge in [-0.2, -0.15) is 17.6 Å². The molecule has 1 aromatic carbocycles. The van der Waals surface area contributed by atoms with Crippen LogP contribution in [0.4, 0.5) is 23.2 Å². The average molecular weight is 243 g/mol. The van der Waals surface area contributed by atoms with Gasteiger partial charge in [-0.05, 0) is 0 Å². The molecule has 3 nitrogen and oxygen atoms in total. The van der Waals surface area contributed by atoms with E-state index in [9.17, 15) is 27.7 Å². The van der Waals surface area contributed by atoms with E-state index in [4.69, 9.17) is 11.6 Å². The van der Waals surface area contributed by atoms with Crippen molar-refractivity contribution in [3.05, 3.63) is 38.7 Å². The molecule has 0 radical (unpaired) electrons. The molecule has 0 spiro atoms. The molecule has 0 heterocycles. The van der Waals surface area contributed by atoms with Gasteiger partial charge in [-0.1, -0.05) is 11.6 Å². The van der Waals surface area contributed by atoms with Crippen molar-refractivity contribution in [3.63, 3.8) is 0 Å². The zero-order chi connectivity index (χ0) is 11.8. The van der Waals surface area contributed by atoms with Crippen molar-refractivity contribution >= 4 is 17.3 Å². The SMILES string of the molecule is O=[N+]([O-])c1cc(C(F)(F)F)c(Cl)cc1[18F]. The molecule has 0 aliphatic carbocycles. The number of nitrogens with zero attached hydrogens (tertiary/aromatic N) is 1. The molecule has 0 aliphatic heterocycles. The van der Waals surface area contributed by atoms with Gasteiger partial charge in [-0.3, -0.25) is 10.1 Å². The zero-order valence-electron chi connectivity index (χ0n) is 6.81. The minimum atomic E-state index is -4.85. The number of hydrogen-bond donors (Lipinski definition) is 0. The van der Waals surface area contributed by atoms with Crippen molar-refractivity contribution in [1.29, 1.82) is 0 Å². The van der Waals surface area contributed by atoms with Crippen LogP contribution in [0, 0.1) is 15.9 Å². The summed E-state index contributed by atoms with van der Waals surface area (Å²) >= 11 is 5.11. The predicted molar refractivity (Wildman–Crippen MR) is 43.1 cm³/mol. The number of rotatable bonds is 1. The van der Waals surface area contributed by atoms with Crippen molar-refractivity contribution in [2.24, 2.45) is 0 Å². The van der Waals surface area contributed by atoms with Crippen LogP contribution >= 0.6 is 11.6 Å². The van der Waals surface area contributed by atoms with Gasteiger partial charge in [0.1, 0.15) is 0 Å². The lowest BCUT2D eigenvalue weighted by molar-refractivity contribution is -0.387. The number of halogens is 5. The first-order chi connectivity index (χ1) is 6.73. The summed E-state index contributed by atoms with van der Waals surface area (Å²) in [4.78, 5) is 8.92. The van der Waals surface area contributed by atoms with Crippen LogP contribution in [0.3, 0.4) is 0 Å². The maximum absolute atomic E-state index is 12.8. The fourth-order valence-electron chi connectivity index (χ4n) is 0.895. The van der Waals surface area contributed by atoms with Gasteiger partial charge in [-0.15, -0.1) is 0 Å². The van der Waals surface area contributed by atoms with Gasteiger partial charge in [0.15, 0.2) is 0 Å². The Bertz CT molecular complexity index is 418. The van der Waals surface area contributed by atoms with Gasteiger partial charge in [-0.25, -0.2) is 0 Å². The van der Waals surface area contributed by atoms with E-state index >= 15 is 0 Å². The summed E-state index contributed by atoms with van der Waals surface area (Å²) in [6.45, 7) is 0. The number of hydrogen-bond acceptors (Lipinski definition) is 2. The second kappa shape index (κ2) is 3.65. The Kier molecular flexibility index (Phi) is 2.85. The van der Waals surface area contributed by atoms with E-state index in [0.29, 0.717) is 0 Å². The van der Waals surface area contributed by atoms with E-state index in [1.54, 1.807) is 0 Å². The smallest absolute Gasteiger partial charge is 0.258 e. The second-order valence-electron chi connectivity index (χ2n) is 2.54. The molecule has 0 unspecified atom stereocenters. The Hall–Kier alpha value is -1.37. The topological polar surface area (TPSA) is 43.1 Å². The molecular formula is C7H2ClF4NO2. The van der Waals surface area contributed by atoms with Crippen molar-refractivity contribution < 1.29 is 22.5 Å². The minimum absolute atomic E-state index is 0.0671. The Balaban J connectivity index is 3.43. The second-order valence-corrected chi connectivity index (χ2v) is 2.95. The van der Waals surface area contributed by atoms with Gasteiger partial charge < -0.3 is 0 Å². The van der Waals surface area contributed by atoms with Crippen LogP contribution in [0.1, 0.15) is 5.56 Å². The molecule has 0 amide bonds. The molecule has 0 bridgehead atoms. The highest BCUT2D eigenvalue weighted by molar-refractivity contribution is 6.31. The molecule has 0 fully saturated rings. The molecule has 1 aromatic rings. The van der Waals surface area contributed by atoms with Crippen LogP contribution in [-0.2, 0) is 6.18 Å². The predicted octanol–water partition coefficient (Wildman–Crippen LogP) is 3.41. The van der Waals surface area contributed by atoms with Gasteiger partial charge in [0.2, 0.25) is 5.82 Å². The van der Waals surface area contributed by atoms with Crippen molar-refractivity contribution in [2.75, 3.05) is 0 Å². The molecule has 8 heteroatoms. The molecule has 0 saturated heterocycles. The van der Waals surface area contributed by atoms with Crippen molar-refractivity contribution in [1.82, 2.24) is 0 Å². The summed E-state index contributed by atoms with van der Waals surface area (Å²) in [5.41, 5.74) is -2.69. The summed E-state index contributed by atoms with van der Waals surface area (Å²) in [6.07, 6.45) is -4.85. The first-order valence-electron chi connectivity index (χ1n) is 3.44. The molecular weight excluding hydrogens is 241 g/mol. The fraction of sp³-hybridized carbons (Fsp3) is 0.143. The minimum Gasteiger partial charge on any atom is -0.258 e. The maximum atomic E-state index is 12.8. The monoisotopic (exact) mass is 242 g/mol. The largest absolute Gasteiger partial charge is 0.418 e. The van der Waals surface area contributed by atoms with Gasteiger partial charge in [0.25, 0.3) is 0 Å². The third kappa shape index (κ3) is 2.35. The lowest BCUT2D eigenvalue weighted by Crippen LogP contribution is -2.07. The molecule has 1 rings (SSSR count). The van der Waals surface area contributed by atoms with Crippen LogP contribution in [0.25, 0.3) is 0 Å². The average Bonchev–Trinajstić information content (AvgIpc) is 2.00. The lowest BCUT2D eigenvalue weighted by Gasteiger charge is -2.08. The summed E-state index contributed by atoms with van der Waals surface area (Å²) in [5, 5.41) is 9.26. The van der Waals surface area contributed by atoms with Crippen LogP contribution in [-0.4, -0.2) is 4.92 Å². The van der Waals surface area contributed by atoms with E-state index in [1.807, 2.05) is 0 Å². The van der Waals surface area contributed by atoms with Crippen LogP contribution < -0.4 is 0 Å². The molecule has 0 saturated carbocycles. The fourth-order valence-corrected chi connectivity index (χ4v) is 1.15. The number of alkyl halides is 3. The highest BCUT2D eigenvalue weighted by Crippen LogP contribution is 2.37. The first kappa shape index (κ1) is 11.7. The van der Waals surface area contributed by atoms with E-state index in [-0.39, 0.29) is 12.1 Å². The molecule has 15 heavy (non-hydrogen) atoms. The number of nitro benzene ring substituents is 1. The molecule has 0 atom stereocenters. The molecule has 0 N–H and O–H groups in total. The van der Waals surface area contributed by atoms with Crippen molar-refractivity contribution in [3.8, 4) is 0 Å². The summed E-state index contributed by atoms with van der Waals surface area (Å²) in [7, 11) is 0. The summed E-state index contributed by atoms with van der Waals surface area (Å²) in [5.74, 6) is -1.40.